The first-order chi connectivity index (χ1) is 34.5. The number of quaternary nitrogens is 1. The Labute approximate surface area is 440 Å². The summed E-state index contributed by atoms with van der Waals surface area (Å²) in [5.74, 6) is -0.170. The van der Waals surface area contributed by atoms with E-state index in [0.717, 1.165) is 83.5 Å². The predicted octanol–water partition coefficient (Wildman–Crippen LogP) is 17.6. The number of nitrogens with one attached hydrogen (secondary N) is 1. The second kappa shape index (κ2) is 52.8. The number of unbranched alkanes of at least 4 members (excludes halogenated alkanes) is 29. The number of nitrogens with zero attached hydrogens (tertiary/aromatic N) is 1. The first kappa shape index (κ1) is 68.9. The number of hydrogen-bond donors (Lipinski definition) is 2. The van der Waals surface area contributed by atoms with Gasteiger partial charge in [-0.2, -0.15) is 0 Å². The van der Waals surface area contributed by atoms with E-state index in [1.54, 1.807) is 0 Å². The largest absolute Gasteiger partial charge is 0.756 e. The molecule has 2 N–H and O–H groups in total. The Balaban J connectivity index is 4.17. The second-order valence-electron chi connectivity index (χ2n) is 21.3. The number of phosphoric ester groups is 1. The van der Waals surface area contributed by atoms with Crippen molar-refractivity contribution in [3.05, 3.63) is 72.9 Å². The molecule has 9 heteroatoms. The maximum atomic E-state index is 13.0. The van der Waals surface area contributed by atoms with Crippen LogP contribution < -0.4 is 10.2 Å². The fourth-order valence-electron chi connectivity index (χ4n) is 8.57. The molecule has 0 rings (SSSR count). The summed E-state index contributed by atoms with van der Waals surface area (Å²) in [6.07, 6.45) is 72.1. The van der Waals surface area contributed by atoms with Gasteiger partial charge in [-0.15, -0.1) is 0 Å². The summed E-state index contributed by atoms with van der Waals surface area (Å²) in [5, 5.41) is 14.0. The van der Waals surface area contributed by atoms with Crippen LogP contribution in [0.25, 0.3) is 0 Å². The number of rotatable bonds is 54. The van der Waals surface area contributed by atoms with Gasteiger partial charge in [0.05, 0.1) is 39.9 Å². The van der Waals surface area contributed by atoms with Gasteiger partial charge in [-0.05, 0) is 64.2 Å². The Morgan fingerprint density at radius 2 is 0.859 bits per heavy atom. The minimum absolute atomic E-state index is 0.00892. The smallest absolute Gasteiger partial charge is 0.268 e. The van der Waals surface area contributed by atoms with Crippen molar-refractivity contribution in [2.45, 2.75) is 276 Å². The van der Waals surface area contributed by atoms with Crippen LogP contribution in [0, 0.1) is 0 Å². The number of allylic oxidation sites excluding steroid dienone is 12. The summed E-state index contributed by atoms with van der Waals surface area (Å²) in [7, 11) is 1.30. The van der Waals surface area contributed by atoms with Gasteiger partial charge in [-0.25, -0.2) is 0 Å². The molecule has 3 atom stereocenters. The average molecular weight is 1020 g/mol. The van der Waals surface area contributed by atoms with Gasteiger partial charge in [0.15, 0.2) is 0 Å². The van der Waals surface area contributed by atoms with Gasteiger partial charge in [0.25, 0.3) is 7.82 Å². The van der Waals surface area contributed by atoms with Crippen molar-refractivity contribution in [2.75, 3.05) is 40.9 Å². The third-order valence-electron chi connectivity index (χ3n) is 13.2. The summed E-state index contributed by atoms with van der Waals surface area (Å²) in [4.78, 5) is 25.6. The topological polar surface area (TPSA) is 108 Å². The Hall–Kier alpha value is -2.06. The molecule has 0 saturated carbocycles. The van der Waals surface area contributed by atoms with Crippen LogP contribution in [0.15, 0.2) is 72.9 Å². The van der Waals surface area contributed by atoms with E-state index in [2.05, 4.69) is 92.1 Å². The molecule has 0 spiro atoms. The number of carbonyl (C=O) groups excluding carboxylic acids is 1. The molecule has 0 aromatic heterocycles. The van der Waals surface area contributed by atoms with Crippen LogP contribution in [0.3, 0.4) is 0 Å². The number of carbonyl (C=O) groups is 1. The van der Waals surface area contributed by atoms with E-state index in [9.17, 15) is 19.4 Å². The van der Waals surface area contributed by atoms with E-state index >= 15 is 0 Å². The van der Waals surface area contributed by atoms with Crippen molar-refractivity contribution >= 4 is 13.7 Å². The molecule has 0 saturated heterocycles. The molecule has 0 fully saturated rings. The molecule has 3 unspecified atom stereocenters. The minimum Gasteiger partial charge on any atom is -0.756 e. The van der Waals surface area contributed by atoms with E-state index in [-0.39, 0.29) is 19.1 Å². The van der Waals surface area contributed by atoms with Gasteiger partial charge in [-0.1, -0.05) is 267 Å². The average Bonchev–Trinajstić information content (AvgIpc) is 3.33. The van der Waals surface area contributed by atoms with Gasteiger partial charge < -0.3 is 28.8 Å². The highest BCUT2D eigenvalue weighted by Gasteiger charge is 2.24. The normalized spacial score (nSPS) is 14.4. The lowest BCUT2D eigenvalue weighted by molar-refractivity contribution is -0.870. The summed E-state index contributed by atoms with van der Waals surface area (Å²) in [6.45, 7) is 4.63. The Bertz CT molecular complexity index is 1380. The molecule has 414 valence electrons. The van der Waals surface area contributed by atoms with Gasteiger partial charge in [0.2, 0.25) is 5.91 Å². The molecule has 0 bridgehead atoms. The SMILES string of the molecule is CC/C=C\C/C=C\C/C=C\C/C=C\C/C=C\C/C=C\CCCCCCCCCCCCC(=O)NC(COP(=O)([O-])OCC[N+](C)(C)C)C(O)CCCCCCCCCCCCCCCCCCCCCC. The third kappa shape index (κ3) is 55.5. The number of aliphatic hydroxyl groups is 1. The van der Waals surface area contributed by atoms with Gasteiger partial charge >= 0.3 is 0 Å². The molecule has 0 radical (unpaired) electrons. The molecule has 0 aliphatic carbocycles. The number of phosphoric acid groups is 1. The van der Waals surface area contributed by atoms with Crippen LogP contribution in [0.2, 0.25) is 0 Å². The molecule has 0 aliphatic rings. The van der Waals surface area contributed by atoms with Crippen molar-refractivity contribution in [3.8, 4) is 0 Å². The minimum atomic E-state index is -4.58. The number of hydrogen-bond acceptors (Lipinski definition) is 6. The molecule has 0 heterocycles. The lowest BCUT2D eigenvalue weighted by Gasteiger charge is -2.30. The van der Waals surface area contributed by atoms with E-state index < -0.39 is 20.0 Å². The standard InChI is InChI=1S/C62H115N2O6P/c1-6-8-10-12-14-16-18-20-22-24-26-28-29-30-31-32-33-34-35-36-38-40-42-44-46-48-50-52-54-56-62(66)63-60(59-70-71(67,68)69-58-57-64(3,4)5)61(65)55-53-51-49-47-45-43-41-39-37-27-25-23-21-19-17-15-13-11-9-7-2/h8,10,14,16,20,22,26,28,30-31,33-34,60-61,65H,6-7,9,11-13,15,17-19,21,23-25,27,29,32,35-59H2,1-5H3,(H-,63,66,67,68)/b10-8-,16-14-,22-20-,28-26-,31-30-,34-33-. The highest BCUT2D eigenvalue weighted by molar-refractivity contribution is 7.45. The van der Waals surface area contributed by atoms with Gasteiger partial charge in [-0.3, -0.25) is 9.36 Å². The van der Waals surface area contributed by atoms with E-state index in [1.807, 2.05) is 21.1 Å². The Kier molecular flexibility index (Phi) is 51.3. The Morgan fingerprint density at radius 3 is 1.25 bits per heavy atom. The molecule has 8 nitrogen and oxygen atoms in total. The molecule has 1 amide bonds. The van der Waals surface area contributed by atoms with Crippen LogP contribution in [-0.4, -0.2) is 68.5 Å². The predicted molar refractivity (Wildman–Crippen MR) is 307 cm³/mol. The van der Waals surface area contributed by atoms with Gasteiger partial charge in [0.1, 0.15) is 13.2 Å². The Morgan fingerprint density at radius 1 is 0.507 bits per heavy atom. The first-order valence-electron chi connectivity index (χ1n) is 29.8. The highest BCUT2D eigenvalue weighted by atomic mass is 31.2. The lowest BCUT2D eigenvalue weighted by atomic mass is 10.0. The fourth-order valence-corrected chi connectivity index (χ4v) is 9.30. The first-order valence-corrected chi connectivity index (χ1v) is 31.2. The highest BCUT2D eigenvalue weighted by Crippen LogP contribution is 2.38. The van der Waals surface area contributed by atoms with Crippen molar-refractivity contribution in [1.82, 2.24) is 5.32 Å². The zero-order valence-corrected chi connectivity index (χ0v) is 48.1. The van der Waals surface area contributed by atoms with Crippen molar-refractivity contribution in [3.63, 3.8) is 0 Å². The van der Waals surface area contributed by atoms with Crippen molar-refractivity contribution in [1.29, 1.82) is 0 Å². The maximum absolute atomic E-state index is 13.0. The quantitative estimate of drug-likeness (QED) is 0.0272. The summed E-state index contributed by atoms with van der Waals surface area (Å²) >= 11 is 0. The summed E-state index contributed by atoms with van der Waals surface area (Å²) < 4.78 is 23.4. The molecular weight excluding hydrogens is 900 g/mol. The van der Waals surface area contributed by atoms with Crippen LogP contribution >= 0.6 is 7.82 Å². The zero-order chi connectivity index (χ0) is 52.0. The lowest BCUT2D eigenvalue weighted by Crippen LogP contribution is -2.46. The second-order valence-corrected chi connectivity index (χ2v) is 22.7. The number of likely N-dealkylation sites (N-methyl/N-ethyl adjacent to an activating group) is 1. The molecule has 0 aromatic carbocycles. The van der Waals surface area contributed by atoms with Crippen LogP contribution in [0.5, 0.6) is 0 Å². The van der Waals surface area contributed by atoms with Crippen LogP contribution in [0.1, 0.15) is 264 Å². The van der Waals surface area contributed by atoms with E-state index in [1.165, 1.54) is 154 Å². The van der Waals surface area contributed by atoms with Gasteiger partial charge in [0, 0.05) is 6.42 Å². The molecule has 0 aromatic rings. The molecule has 71 heavy (non-hydrogen) atoms. The maximum Gasteiger partial charge on any atom is 0.268 e. The zero-order valence-electron chi connectivity index (χ0n) is 47.2. The molecule has 0 aliphatic heterocycles. The van der Waals surface area contributed by atoms with Crippen molar-refractivity contribution < 1.29 is 32.9 Å². The van der Waals surface area contributed by atoms with E-state index in [0.29, 0.717) is 23.9 Å². The van der Waals surface area contributed by atoms with Crippen LogP contribution in [-0.2, 0) is 18.4 Å². The third-order valence-corrected chi connectivity index (χ3v) is 14.2. The summed E-state index contributed by atoms with van der Waals surface area (Å²) in [6, 6.07) is -0.808. The summed E-state index contributed by atoms with van der Waals surface area (Å²) in [5.41, 5.74) is 0. The van der Waals surface area contributed by atoms with Crippen molar-refractivity contribution in [2.24, 2.45) is 0 Å². The number of amides is 1. The number of aliphatic hydroxyl groups excluding tert-OH is 1. The van der Waals surface area contributed by atoms with Crippen LogP contribution in [0.4, 0.5) is 0 Å². The fraction of sp³-hybridized carbons (Fsp3) is 0.790. The monoisotopic (exact) mass is 1010 g/mol. The molecular formula is C62H115N2O6P. The van der Waals surface area contributed by atoms with E-state index in [4.69, 9.17) is 9.05 Å².